The minimum absolute atomic E-state index is 0.276. The highest BCUT2D eigenvalue weighted by Gasteiger charge is 2.23. The Morgan fingerprint density at radius 3 is 2.90 bits per heavy atom. The smallest absolute Gasteiger partial charge is 0.338 e. The number of piperidine rings is 1. The highest BCUT2D eigenvalue weighted by molar-refractivity contribution is 5.87. The number of rotatable bonds is 4. The van der Waals surface area contributed by atoms with E-state index in [1.807, 2.05) is 0 Å². The van der Waals surface area contributed by atoms with Crippen molar-refractivity contribution in [2.75, 3.05) is 20.1 Å². The van der Waals surface area contributed by atoms with Gasteiger partial charge in [0.1, 0.15) is 5.82 Å². The fourth-order valence-electron chi connectivity index (χ4n) is 2.75. The van der Waals surface area contributed by atoms with Crippen LogP contribution >= 0.6 is 0 Å². The third-order valence-electron chi connectivity index (χ3n) is 3.94. The molecule has 1 aliphatic heterocycles. The molecule has 1 aromatic rings. The molecule has 0 bridgehead atoms. The molecule has 4 nitrogen and oxygen atoms in total. The maximum absolute atomic E-state index is 13.6. The zero-order chi connectivity index (χ0) is 14.7. The Hall–Kier alpha value is -1.46. The van der Waals surface area contributed by atoms with Crippen molar-refractivity contribution in [3.63, 3.8) is 0 Å². The Morgan fingerprint density at radius 2 is 2.30 bits per heavy atom. The number of carbonyl (C=O) groups is 1. The molecular weight excluding hydrogens is 259 g/mol. The molecule has 110 valence electrons. The Morgan fingerprint density at radius 1 is 1.55 bits per heavy atom. The van der Waals surface area contributed by atoms with Crippen molar-refractivity contribution in [2.24, 2.45) is 5.92 Å². The Balaban J connectivity index is 1.94. The minimum Gasteiger partial charge on any atom is -0.478 e. The third kappa shape index (κ3) is 3.55. The number of benzene rings is 1. The highest BCUT2D eigenvalue weighted by Crippen LogP contribution is 2.16. The van der Waals surface area contributed by atoms with E-state index in [0.717, 1.165) is 25.1 Å². The van der Waals surface area contributed by atoms with Crippen LogP contribution in [0.25, 0.3) is 0 Å². The van der Waals surface area contributed by atoms with Crippen molar-refractivity contribution in [3.8, 4) is 0 Å². The van der Waals surface area contributed by atoms with Crippen molar-refractivity contribution in [1.82, 2.24) is 10.2 Å². The van der Waals surface area contributed by atoms with E-state index in [-0.39, 0.29) is 5.56 Å². The number of likely N-dealkylation sites (tertiary alicyclic amines) is 1. The Bertz CT molecular complexity index is 493. The normalized spacial score (nSPS) is 23.8. The lowest BCUT2D eigenvalue weighted by molar-refractivity contribution is 0.0692. The molecular formula is C15H21FN2O2. The first-order valence-corrected chi connectivity index (χ1v) is 6.91. The summed E-state index contributed by atoms with van der Waals surface area (Å²) in [5, 5.41) is 12.2. The van der Waals surface area contributed by atoms with E-state index in [0.29, 0.717) is 18.5 Å². The molecule has 1 fully saturated rings. The summed E-state index contributed by atoms with van der Waals surface area (Å²) < 4.78 is 13.6. The number of hydrogen-bond donors (Lipinski definition) is 2. The molecule has 0 radical (unpaired) electrons. The predicted molar refractivity (Wildman–Crippen MR) is 75.3 cm³/mol. The van der Waals surface area contributed by atoms with Crippen LogP contribution < -0.4 is 5.32 Å². The van der Waals surface area contributed by atoms with Crippen LogP contribution in [-0.2, 0) is 6.54 Å². The van der Waals surface area contributed by atoms with Crippen LogP contribution in [0.15, 0.2) is 18.2 Å². The van der Waals surface area contributed by atoms with E-state index in [9.17, 15) is 9.18 Å². The lowest BCUT2D eigenvalue weighted by Crippen LogP contribution is -2.46. The molecule has 2 rings (SSSR count). The molecule has 20 heavy (non-hydrogen) atoms. The SMILES string of the molecule is CC1CN(C)CCC1NCc1ccc(C(=O)O)c(F)c1. The molecule has 2 N–H and O–H groups in total. The van der Waals surface area contributed by atoms with E-state index >= 15 is 0 Å². The second-order valence-corrected chi connectivity index (χ2v) is 5.63. The number of carboxylic acid groups (broad SMARTS) is 1. The number of hydrogen-bond acceptors (Lipinski definition) is 3. The molecule has 1 saturated heterocycles. The van der Waals surface area contributed by atoms with E-state index in [1.54, 1.807) is 6.07 Å². The number of aromatic carboxylic acids is 1. The van der Waals surface area contributed by atoms with Crippen molar-refractivity contribution < 1.29 is 14.3 Å². The van der Waals surface area contributed by atoms with Gasteiger partial charge < -0.3 is 15.3 Å². The van der Waals surface area contributed by atoms with Gasteiger partial charge in [0.05, 0.1) is 5.56 Å². The molecule has 1 aliphatic rings. The highest BCUT2D eigenvalue weighted by atomic mass is 19.1. The molecule has 5 heteroatoms. The van der Waals surface area contributed by atoms with Crippen molar-refractivity contribution in [2.45, 2.75) is 25.9 Å². The summed E-state index contributed by atoms with van der Waals surface area (Å²) in [5.41, 5.74) is 0.500. The van der Waals surface area contributed by atoms with Crippen LogP contribution in [0.2, 0.25) is 0 Å². The monoisotopic (exact) mass is 280 g/mol. The summed E-state index contributed by atoms with van der Waals surface area (Å²) in [6.45, 7) is 4.90. The van der Waals surface area contributed by atoms with Crippen LogP contribution in [0.4, 0.5) is 4.39 Å². The van der Waals surface area contributed by atoms with Gasteiger partial charge in [-0.05, 0) is 43.6 Å². The second-order valence-electron chi connectivity index (χ2n) is 5.63. The summed E-state index contributed by atoms with van der Waals surface area (Å²) in [6.07, 6.45) is 1.08. The van der Waals surface area contributed by atoms with Crippen molar-refractivity contribution >= 4 is 5.97 Å². The molecule has 0 spiro atoms. The summed E-state index contributed by atoms with van der Waals surface area (Å²) in [5.74, 6) is -1.35. The fraction of sp³-hybridized carbons (Fsp3) is 0.533. The Labute approximate surface area is 118 Å². The van der Waals surface area contributed by atoms with Crippen LogP contribution in [0.1, 0.15) is 29.3 Å². The Kier molecular flexibility index (Phi) is 4.73. The topological polar surface area (TPSA) is 52.6 Å². The van der Waals surface area contributed by atoms with Gasteiger partial charge in [0, 0.05) is 19.1 Å². The maximum atomic E-state index is 13.6. The first kappa shape index (κ1) is 14.9. The summed E-state index contributed by atoms with van der Waals surface area (Å²) in [4.78, 5) is 13.1. The number of carboxylic acids is 1. The third-order valence-corrected chi connectivity index (χ3v) is 3.94. The molecule has 0 aliphatic carbocycles. The van der Waals surface area contributed by atoms with Gasteiger partial charge in [-0.15, -0.1) is 0 Å². The van der Waals surface area contributed by atoms with Crippen LogP contribution in [0, 0.1) is 11.7 Å². The summed E-state index contributed by atoms with van der Waals surface area (Å²) >= 11 is 0. The van der Waals surface area contributed by atoms with Crippen LogP contribution in [0.3, 0.4) is 0 Å². The van der Waals surface area contributed by atoms with Gasteiger partial charge in [0.2, 0.25) is 0 Å². The van der Waals surface area contributed by atoms with Gasteiger partial charge in [0.25, 0.3) is 0 Å². The van der Waals surface area contributed by atoms with Gasteiger partial charge in [-0.25, -0.2) is 9.18 Å². The predicted octanol–water partition coefficient (Wildman–Crippen LogP) is 1.95. The van der Waals surface area contributed by atoms with Gasteiger partial charge >= 0.3 is 5.97 Å². The standard InChI is InChI=1S/C15H21FN2O2/c1-10-9-18(2)6-5-14(10)17-8-11-3-4-12(15(19)20)13(16)7-11/h3-4,7,10,14,17H,5-6,8-9H2,1-2H3,(H,19,20). The second kappa shape index (κ2) is 6.33. The molecule has 0 saturated carbocycles. The van der Waals surface area contributed by atoms with Gasteiger partial charge in [-0.3, -0.25) is 0 Å². The van der Waals surface area contributed by atoms with E-state index in [1.165, 1.54) is 12.1 Å². The molecule has 0 aromatic heterocycles. The minimum atomic E-state index is -1.23. The lowest BCUT2D eigenvalue weighted by atomic mass is 9.94. The lowest BCUT2D eigenvalue weighted by Gasteiger charge is -2.35. The number of halogens is 1. The zero-order valence-corrected chi connectivity index (χ0v) is 11.9. The van der Waals surface area contributed by atoms with Crippen LogP contribution in [-0.4, -0.2) is 42.2 Å². The summed E-state index contributed by atoms with van der Waals surface area (Å²) in [6, 6.07) is 4.72. The maximum Gasteiger partial charge on any atom is 0.338 e. The van der Waals surface area contributed by atoms with Crippen molar-refractivity contribution in [3.05, 3.63) is 35.1 Å². The van der Waals surface area contributed by atoms with E-state index in [2.05, 4.69) is 24.2 Å². The molecule has 2 atom stereocenters. The molecule has 2 unspecified atom stereocenters. The zero-order valence-electron chi connectivity index (χ0n) is 11.9. The molecule has 0 amide bonds. The number of nitrogens with zero attached hydrogens (tertiary/aromatic N) is 1. The van der Waals surface area contributed by atoms with Crippen LogP contribution in [0.5, 0.6) is 0 Å². The van der Waals surface area contributed by atoms with Gasteiger partial charge in [-0.2, -0.15) is 0 Å². The van der Waals surface area contributed by atoms with E-state index < -0.39 is 11.8 Å². The van der Waals surface area contributed by atoms with Gasteiger partial charge in [-0.1, -0.05) is 13.0 Å². The number of nitrogens with one attached hydrogen (secondary N) is 1. The van der Waals surface area contributed by atoms with Crippen molar-refractivity contribution in [1.29, 1.82) is 0 Å². The quantitative estimate of drug-likeness (QED) is 0.885. The average molecular weight is 280 g/mol. The molecule has 1 heterocycles. The van der Waals surface area contributed by atoms with Gasteiger partial charge in [0.15, 0.2) is 0 Å². The first-order chi connectivity index (χ1) is 9.47. The first-order valence-electron chi connectivity index (χ1n) is 6.91. The molecule has 1 aromatic carbocycles. The fourth-order valence-corrected chi connectivity index (χ4v) is 2.75. The average Bonchev–Trinajstić information content (AvgIpc) is 2.37. The summed E-state index contributed by atoms with van der Waals surface area (Å²) in [7, 11) is 2.12. The van der Waals surface area contributed by atoms with E-state index in [4.69, 9.17) is 5.11 Å². The largest absolute Gasteiger partial charge is 0.478 e.